The highest BCUT2D eigenvalue weighted by molar-refractivity contribution is 6.30. The van der Waals surface area contributed by atoms with Gasteiger partial charge in [0.25, 0.3) is 5.91 Å². The van der Waals surface area contributed by atoms with Crippen LogP contribution in [-0.4, -0.2) is 57.7 Å². The molecule has 0 aromatic heterocycles. The molecule has 2 atom stereocenters. The largest absolute Gasteiger partial charge is 0.493 e. The Bertz CT molecular complexity index is 956. The Morgan fingerprint density at radius 3 is 2.31 bits per heavy atom. The molecular weight excluding hydrogens is 432 g/mol. The lowest BCUT2D eigenvalue weighted by molar-refractivity contribution is -0.124. The van der Waals surface area contributed by atoms with Crippen LogP contribution in [0.1, 0.15) is 35.2 Å². The van der Waals surface area contributed by atoms with Crippen LogP contribution >= 0.6 is 11.6 Å². The van der Waals surface area contributed by atoms with Crippen molar-refractivity contribution in [3.8, 4) is 17.2 Å². The summed E-state index contributed by atoms with van der Waals surface area (Å²) in [4.78, 5) is 27.9. The minimum atomic E-state index is -0.410. The average molecular weight is 461 g/mol. The number of ether oxygens (including phenoxy) is 3. The van der Waals surface area contributed by atoms with E-state index in [0.717, 1.165) is 12.0 Å². The van der Waals surface area contributed by atoms with Gasteiger partial charge in [0.05, 0.1) is 27.2 Å². The van der Waals surface area contributed by atoms with E-state index in [1.165, 1.54) is 0 Å². The van der Waals surface area contributed by atoms with Gasteiger partial charge in [-0.25, -0.2) is 0 Å². The number of hydrogen-bond donors (Lipinski definition) is 1. The zero-order valence-electron chi connectivity index (χ0n) is 18.8. The molecule has 8 heteroatoms. The molecule has 1 fully saturated rings. The Kier molecular flexibility index (Phi) is 7.85. The van der Waals surface area contributed by atoms with Gasteiger partial charge in [-0.15, -0.1) is 0 Å². The lowest BCUT2D eigenvalue weighted by Crippen LogP contribution is -2.36. The topological polar surface area (TPSA) is 77.1 Å². The van der Waals surface area contributed by atoms with E-state index in [9.17, 15) is 9.59 Å². The SMILES string of the molecule is CCCNC(=O)[C@H]1CN(C(=O)c2cccc(Cl)c2)C[C@@H]1c1cc(OC)c(OC)c(OC)c1. The molecule has 1 N–H and O–H groups in total. The molecule has 1 heterocycles. The van der Waals surface area contributed by atoms with E-state index in [2.05, 4.69) is 5.32 Å². The van der Waals surface area contributed by atoms with Crippen LogP contribution < -0.4 is 19.5 Å². The van der Waals surface area contributed by atoms with Crippen molar-refractivity contribution in [2.45, 2.75) is 19.3 Å². The summed E-state index contributed by atoms with van der Waals surface area (Å²) in [6.07, 6.45) is 0.832. The molecule has 0 unspecified atom stereocenters. The third-order valence-electron chi connectivity index (χ3n) is 5.68. The van der Waals surface area contributed by atoms with Crippen molar-refractivity contribution in [3.05, 3.63) is 52.5 Å². The van der Waals surface area contributed by atoms with Crippen LogP contribution in [0.2, 0.25) is 5.02 Å². The predicted molar refractivity (Wildman–Crippen MR) is 123 cm³/mol. The van der Waals surface area contributed by atoms with Gasteiger partial charge in [0.15, 0.2) is 11.5 Å². The van der Waals surface area contributed by atoms with Crippen molar-refractivity contribution in [2.75, 3.05) is 41.0 Å². The quantitative estimate of drug-likeness (QED) is 0.649. The number of hydrogen-bond acceptors (Lipinski definition) is 5. The summed E-state index contributed by atoms with van der Waals surface area (Å²) < 4.78 is 16.4. The molecule has 3 rings (SSSR count). The van der Waals surface area contributed by atoms with E-state index >= 15 is 0 Å². The van der Waals surface area contributed by atoms with Crippen molar-refractivity contribution in [2.24, 2.45) is 5.92 Å². The smallest absolute Gasteiger partial charge is 0.253 e. The number of halogens is 1. The highest BCUT2D eigenvalue weighted by Crippen LogP contribution is 2.43. The molecule has 32 heavy (non-hydrogen) atoms. The van der Waals surface area contributed by atoms with Gasteiger partial charge in [-0.3, -0.25) is 9.59 Å². The van der Waals surface area contributed by atoms with E-state index < -0.39 is 5.92 Å². The standard InChI is InChI=1S/C24H29ClN2O5/c1-5-9-26-23(28)19-14-27(24(29)15-7-6-8-17(25)10-15)13-18(19)16-11-20(30-2)22(32-4)21(12-16)31-3/h6-8,10-12,18-19H,5,9,13-14H2,1-4H3,(H,26,28)/t18-,19+/m1/s1. The number of benzene rings is 2. The third kappa shape index (κ3) is 4.93. The van der Waals surface area contributed by atoms with Crippen molar-refractivity contribution in [3.63, 3.8) is 0 Å². The fourth-order valence-electron chi connectivity index (χ4n) is 4.07. The molecule has 0 radical (unpaired) electrons. The van der Waals surface area contributed by atoms with E-state index in [0.29, 0.717) is 47.5 Å². The summed E-state index contributed by atoms with van der Waals surface area (Å²) in [6, 6.07) is 10.5. The predicted octanol–water partition coefficient (Wildman–Crippen LogP) is 3.75. The highest BCUT2D eigenvalue weighted by atomic mass is 35.5. The van der Waals surface area contributed by atoms with E-state index in [1.807, 2.05) is 19.1 Å². The zero-order chi connectivity index (χ0) is 23.3. The number of carbonyl (C=O) groups excluding carboxylic acids is 2. The number of nitrogens with one attached hydrogen (secondary N) is 1. The molecule has 0 aliphatic carbocycles. The number of rotatable bonds is 8. The van der Waals surface area contributed by atoms with Crippen molar-refractivity contribution in [1.82, 2.24) is 10.2 Å². The van der Waals surface area contributed by atoms with Gasteiger partial charge >= 0.3 is 0 Å². The van der Waals surface area contributed by atoms with Crippen LogP contribution in [0.3, 0.4) is 0 Å². The normalized spacial score (nSPS) is 17.7. The van der Waals surface area contributed by atoms with Crippen molar-refractivity contribution in [1.29, 1.82) is 0 Å². The van der Waals surface area contributed by atoms with E-state index in [-0.39, 0.29) is 17.7 Å². The second kappa shape index (κ2) is 10.6. The monoisotopic (exact) mass is 460 g/mol. The number of methoxy groups -OCH3 is 3. The summed E-state index contributed by atoms with van der Waals surface area (Å²) in [5.41, 5.74) is 1.34. The lowest BCUT2D eigenvalue weighted by atomic mass is 9.88. The molecular formula is C24H29ClN2O5. The van der Waals surface area contributed by atoms with E-state index in [4.69, 9.17) is 25.8 Å². The minimum Gasteiger partial charge on any atom is -0.493 e. The first-order valence-electron chi connectivity index (χ1n) is 10.6. The summed E-state index contributed by atoms with van der Waals surface area (Å²) in [5.74, 6) is 0.623. The molecule has 1 aliphatic rings. The van der Waals surface area contributed by atoms with Crippen molar-refractivity contribution >= 4 is 23.4 Å². The van der Waals surface area contributed by atoms with Gasteiger partial charge in [0.2, 0.25) is 11.7 Å². The lowest BCUT2D eigenvalue weighted by Gasteiger charge is -2.21. The summed E-state index contributed by atoms with van der Waals surface area (Å²) in [6.45, 7) is 3.27. The fourth-order valence-corrected chi connectivity index (χ4v) is 4.26. The first kappa shape index (κ1) is 23.7. The van der Waals surface area contributed by atoms with Gasteiger partial charge in [-0.1, -0.05) is 24.6 Å². The van der Waals surface area contributed by atoms with Crippen LogP contribution in [0, 0.1) is 5.92 Å². The summed E-state index contributed by atoms with van der Waals surface area (Å²) >= 11 is 6.08. The zero-order valence-corrected chi connectivity index (χ0v) is 19.6. The summed E-state index contributed by atoms with van der Waals surface area (Å²) in [5, 5.41) is 3.47. The Hall–Kier alpha value is -2.93. The second-order valence-electron chi connectivity index (χ2n) is 7.68. The number of nitrogens with zero attached hydrogens (tertiary/aromatic N) is 1. The van der Waals surface area contributed by atoms with Crippen LogP contribution in [0.25, 0.3) is 0 Å². The molecule has 1 aliphatic heterocycles. The summed E-state index contributed by atoms with van der Waals surface area (Å²) in [7, 11) is 4.65. The average Bonchev–Trinajstić information content (AvgIpc) is 3.26. The molecule has 7 nitrogen and oxygen atoms in total. The first-order valence-corrected chi connectivity index (χ1v) is 10.9. The molecule has 2 aromatic carbocycles. The van der Waals surface area contributed by atoms with Gasteiger partial charge in [0.1, 0.15) is 0 Å². The third-order valence-corrected chi connectivity index (χ3v) is 5.91. The second-order valence-corrected chi connectivity index (χ2v) is 8.12. The fraction of sp³-hybridized carbons (Fsp3) is 0.417. The number of amides is 2. The number of carbonyl (C=O) groups is 2. The molecule has 2 aromatic rings. The maximum absolute atomic E-state index is 13.2. The number of likely N-dealkylation sites (tertiary alicyclic amines) is 1. The van der Waals surface area contributed by atoms with Crippen LogP contribution in [0.4, 0.5) is 0 Å². The van der Waals surface area contributed by atoms with Gasteiger partial charge < -0.3 is 24.4 Å². The minimum absolute atomic E-state index is 0.0769. The van der Waals surface area contributed by atoms with Gasteiger partial charge in [0, 0.05) is 36.1 Å². The molecule has 0 spiro atoms. The maximum atomic E-state index is 13.2. The van der Waals surface area contributed by atoms with Crippen molar-refractivity contribution < 1.29 is 23.8 Å². The van der Waals surface area contributed by atoms with Crippen LogP contribution in [0.15, 0.2) is 36.4 Å². The Labute approximate surface area is 193 Å². The Morgan fingerprint density at radius 2 is 1.75 bits per heavy atom. The maximum Gasteiger partial charge on any atom is 0.253 e. The first-order chi connectivity index (χ1) is 15.4. The van der Waals surface area contributed by atoms with E-state index in [1.54, 1.807) is 50.5 Å². The highest BCUT2D eigenvalue weighted by Gasteiger charge is 2.41. The molecule has 0 saturated carbocycles. The Balaban J connectivity index is 1.97. The Morgan fingerprint density at radius 1 is 1.06 bits per heavy atom. The van der Waals surface area contributed by atoms with Crippen LogP contribution in [0.5, 0.6) is 17.2 Å². The molecule has 2 amide bonds. The molecule has 172 valence electrons. The van der Waals surface area contributed by atoms with Gasteiger partial charge in [-0.2, -0.15) is 0 Å². The molecule has 0 bridgehead atoms. The molecule has 1 saturated heterocycles. The van der Waals surface area contributed by atoms with Crippen LogP contribution in [-0.2, 0) is 4.79 Å². The van der Waals surface area contributed by atoms with Gasteiger partial charge in [-0.05, 0) is 42.3 Å².